The molecule has 0 aliphatic heterocycles. The molecule has 1 fully saturated rings. The molecule has 1 heterocycles. The first-order valence-electron chi connectivity index (χ1n) is 6.30. The van der Waals surface area contributed by atoms with Crippen LogP contribution < -0.4 is 10.5 Å². The molecule has 1 saturated carbocycles. The molecular weight excluding hydrogens is 312 g/mol. The number of sulfonamides is 1. The molecule has 0 unspecified atom stereocenters. The van der Waals surface area contributed by atoms with Gasteiger partial charge >= 0.3 is 0 Å². The van der Waals surface area contributed by atoms with Crippen LogP contribution in [0.2, 0.25) is 0 Å². The van der Waals surface area contributed by atoms with Crippen LogP contribution in [0, 0.1) is 0 Å². The highest BCUT2D eigenvalue weighted by Gasteiger charge is 2.28. The van der Waals surface area contributed by atoms with Crippen molar-refractivity contribution in [2.24, 2.45) is 0 Å². The van der Waals surface area contributed by atoms with E-state index in [1.54, 1.807) is 10.7 Å². The number of benzene rings is 1. The van der Waals surface area contributed by atoms with Gasteiger partial charge in [0.2, 0.25) is 15.2 Å². The molecular formula is C11H14N6O2S2. The van der Waals surface area contributed by atoms with Crippen LogP contribution in [-0.4, -0.2) is 35.7 Å². The lowest BCUT2D eigenvalue weighted by atomic mass is 10.3. The number of tetrazole rings is 1. The van der Waals surface area contributed by atoms with E-state index in [1.807, 2.05) is 0 Å². The van der Waals surface area contributed by atoms with Crippen LogP contribution in [0.25, 0.3) is 0 Å². The smallest absolute Gasteiger partial charge is 0.240 e. The molecule has 0 saturated heterocycles. The van der Waals surface area contributed by atoms with E-state index in [-0.39, 0.29) is 4.90 Å². The Morgan fingerprint density at radius 2 is 2.19 bits per heavy atom. The highest BCUT2D eigenvalue weighted by Crippen LogP contribution is 2.39. The Morgan fingerprint density at radius 1 is 1.43 bits per heavy atom. The molecule has 3 rings (SSSR count). The van der Waals surface area contributed by atoms with Crippen molar-refractivity contribution in [1.82, 2.24) is 24.9 Å². The third kappa shape index (κ3) is 2.87. The van der Waals surface area contributed by atoms with Gasteiger partial charge in [0.25, 0.3) is 0 Å². The van der Waals surface area contributed by atoms with Crippen molar-refractivity contribution in [3.05, 3.63) is 18.2 Å². The zero-order valence-corrected chi connectivity index (χ0v) is 12.9. The van der Waals surface area contributed by atoms with Crippen molar-refractivity contribution in [1.29, 1.82) is 0 Å². The van der Waals surface area contributed by atoms with Crippen LogP contribution in [-0.2, 0) is 10.0 Å². The zero-order valence-electron chi connectivity index (χ0n) is 11.2. The topological polar surface area (TPSA) is 116 Å². The summed E-state index contributed by atoms with van der Waals surface area (Å²) < 4.78 is 27.5. The molecule has 112 valence electrons. The Morgan fingerprint density at radius 3 is 2.81 bits per heavy atom. The largest absolute Gasteiger partial charge is 0.398 e. The Hall–Kier alpha value is -1.65. The number of nitrogens with two attached hydrogens (primary N) is 1. The molecule has 0 radical (unpaired) electrons. The van der Waals surface area contributed by atoms with E-state index in [2.05, 4.69) is 20.2 Å². The van der Waals surface area contributed by atoms with Gasteiger partial charge in [-0.3, -0.25) is 0 Å². The summed E-state index contributed by atoms with van der Waals surface area (Å²) in [5, 5.41) is 12.3. The molecule has 1 aromatic heterocycles. The van der Waals surface area contributed by atoms with Gasteiger partial charge in [-0.25, -0.2) is 17.8 Å². The summed E-state index contributed by atoms with van der Waals surface area (Å²) in [6, 6.07) is 4.97. The fourth-order valence-corrected chi connectivity index (χ4v) is 3.43. The molecule has 3 N–H and O–H groups in total. The van der Waals surface area contributed by atoms with E-state index in [1.165, 1.54) is 30.9 Å². The molecule has 0 spiro atoms. The number of nitrogen functional groups attached to an aromatic ring is 1. The summed E-state index contributed by atoms with van der Waals surface area (Å²) in [7, 11) is -2.14. The van der Waals surface area contributed by atoms with Crippen LogP contribution in [0.4, 0.5) is 5.69 Å². The lowest BCUT2D eigenvalue weighted by Gasteiger charge is -2.08. The van der Waals surface area contributed by atoms with Gasteiger partial charge in [-0.1, -0.05) is 0 Å². The Kier molecular flexibility index (Phi) is 3.59. The fourth-order valence-electron chi connectivity index (χ4n) is 1.80. The molecule has 0 atom stereocenters. The quantitative estimate of drug-likeness (QED) is 0.775. The summed E-state index contributed by atoms with van der Waals surface area (Å²) in [4.78, 5) is 0.857. The first kappa shape index (κ1) is 14.3. The number of nitrogens with zero attached hydrogens (tertiary/aromatic N) is 4. The maximum absolute atomic E-state index is 11.7. The van der Waals surface area contributed by atoms with Crippen molar-refractivity contribution in [3.8, 4) is 0 Å². The Balaban J connectivity index is 1.88. The van der Waals surface area contributed by atoms with E-state index >= 15 is 0 Å². The monoisotopic (exact) mass is 326 g/mol. The van der Waals surface area contributed by atoms with Gasteiger partial charge in [0.1, 0.15) is 0 Å². The average Bonchev–Trinajstić information content (AvgIpc) is 3.21. The van der Waals surface area contributed by atoms with Crippen molar-refractivity contribution < 1.29 is 8.42 Å². The maximum Gasteiger partial charge on any atom is 0.240 e. The molecule has 21 heavy (non-hydrogen) atoms. The van der Waals surface area contributed by atoms with Crippen LogP contribution >= 0.6 is 11.8 Å². The summed E-state index contributed by atoms with van der Waals surface area (Å²) >= 11 is 1.33. The SMILES string of the molecule is CNS(=O)(=O)c1ccc(Sc2nnnn2C2CC2)c(N)c1. The second kappa shape index (κ2) is 5.28. The molecule has 8 nitrogen and oxygen atoms in total. The van der Waals surface area contributed by atoms with Crippen molar-refractivity contribution in [3.63, 3.8) is 0 Å². The van der Waals surface area contributed by atoms with Gasteiger partial charge in [0.05, 0.1) is 10.9 Å². The van der Waals surface area contributed by atoms with E-state index in [0.29, 0.717) is 16.9 Å². The number of anilines is 1. The second-order valence-electron chi connectivity index (χ2n) is 4.65. The Bertz CT molecular complexity index is 769. The van der Waals surface area contributed by atoms with E-state index in [9.17, 15) is 8.42 Å². The molecule has 0 amide bonds. The molecule has 1 aliphatic rings. The third-order valence-corrected chi connectivity index (χ3v) is 5.57. The summed E-state index contributed by atoms with van der Waals surface area (Å²) in [5.41, 5.74) is 6.32. The first-order chi connectivity index (χ1) is 10.0. The number of rotatable bonds is 5. The number of aromatic nitrogens is 4. The van der Waals surface area contributed by atoms with E-state index < -0.39 is 10.0 Å². The minimum absolute atomic E-state index is 0.133. The first-order valence-corrected chi connectivity index (χ1v) is 8.60. The van der Waals surface area contributed by atoms with Crippen LogP contribution in [0.1, 0.15) is 18.9 Å². The minimum atomic E-state index is -3.50. The van der Waals surface area contributed by atoms with Gasteiger partial charge in [-0.15, -0.1) is 5.10 Å². The normalized spacial score (nSPS) is 15.3. The predicted octanol–water partition coefficient (Wildman–Crippen LogP) is 0.649. The Labute approximate surface area is 126 Å². The molecule has 10 heteroatoms. The molecule has 1 aliphatic carbocycles. The van der Waals surface area contributed by atoms with Crippen molar-refractivity contribution >= 4 is 27.5 Å². The van der Waals surface area contributed by atoms with Gasteiger partial charge in [0, 0.05) is 10.6 Å². The van der Waals surface area contributed by atoms with Crippen molar-refractivity contribution in [2.75, 3.05) is 12.8 Å². The van der Waals surface area contributed by atoms with Crippen molar-refractivity contribution in [2.45, 2.75) is 33.8 Å². The fraction of sp³-hybridized carbons (Fsp3) is 0.364. The maximum atomic E-state index is 11.7. The molecule has 1 aromatic carbocycles. The van der Waals surface area contributed by atoms with Gasteiger partial charge in [0.15, 0.2) is 0 Å². The van der Waals surface area contributed by atoms with Gasteiger partial charge in [-0.05, 0) is 60.3 Å². The lowest BCUT2D eigenvalue weighted by Crippen LogP contribution is -2.18. The summed E-state index contributed by atoms with van der Waals surface area (Å²) in [5.74, 6) is 0. The summed E-state index contributed by atoms with van der Waals surface area (Å²) in [6.07, 6.45) is 2.15. The highest BCUT2D eigenvalue weighted by molar-refractivity contribution is 7.99. The third-order valence-electron chi connectivity index (χ3n) is 3.12. The number of hydrogen-bond acceptors (Lipinski definition) is 7. The average molecular weight is 326 g/mol. The lowest BCUT2D eigenvalue weighted by molar-refractivity contribution is 0.565. The molecule has 2 aromatic rings. The van der Waals surface area contributed by atoms with E-state index in [4.69, 9.17) is 5.73 Å². The highest BCUT2D eigenvalue weighted by atomic mass is 32.2. The van der Waals surface area contributed by atoms with Crippen LogP contribution in [0.15, 0.2) is 33.1 Å². The standard InChI is InChI=1S/C11H14N6O2S2/c1-13-21(18,19)8-4-5-10(9(12)6-8)20-11-14-15-16-17(11)7-2-3-7/h4-7,13H,2-3,12H2,1H3. The van der Waals surface area contributed by atoms with Crippen LogP contribution in [0.3, 0.4) is 0 Å². The summed E-state index contributed by atoms with van der Waals surface area (Å²) in [6.45, 7) is 0. The van der Waals surface area contributed by atoms with Gasteiger partial charge in [-0.2, -0.15) is 0 Å². The number of hydrogen-bond donors (Lipinski definition) is 2. The number of nitrogens with one attached hydrogen (secondary N) is 1. The van der Waals surface area contributed by atoms with Gasteiger partial charge < -0.3 is 5.73 Å². The van der Waals surface area contributed by atoms with Crippen LogP contribution in [0.5, 0.6) is 0 Å². The minimum Gasteiger partial charge on any atom is -0.398 e. The zero-order chi connectivity index (χ0) is 15.0. The second-order valence-corrected chi connectivity index (χ2v) is 7.54. The predicted molar refractivity (Wildman–Crippen MR) is 77.3 cm³/mol. The molecule has 0 bridgehead atoms. The van der Waals surface area contributed by atoms with E-state index in [0.717, 1.165) is 17.7 Å².